The van der Waals surface area contributed by atoms with Gasteiger partial charge >= 0.3 is 0 Å². The van der Waals surface area contributed by atoms with E-state index in [-0.39, 0.29) is 0 Å². The minimum Gasteiger partial charge on any atom is -0.380 e. The summed E-state index contributed by atoms with van der Waals surface area (Å²) in [4.78, 5) is 13.0. The Morgan fingerprint density at radius 1 is 1.23 bits per heavy atom. The fourth-order valence-electron chi connectivity index (χ4n) is 2.23. The molecule has 2 saturated heterocycles. The van der Waals surface area contributed by atoms with Crippen molar-refractivity contribution < 1.29 is 9.53 Å². The maximum Gasteiger partial charge on any atom is 0.123 e. The first-order valence-electron chi connectivity index (χ1n) is 5.17. The van der Waals surface area contributed by atoms with Crippen LogP contribution in [0.15, 0.2) is 0 Å². The molecule has 0 aromatic heterocycles. The molecule has 1 atom stereocenters. The molecular weight excluding hydrogens is 166 g/mol. The largest absolute Gasteiger partial charge is 0.380 e. The van der Waals surface area contributed by atoms with E-state index in [9.17, 15) is 4.79 Å². The van der Waals surface area contributed by atoms with Gasteiger partial charge in [0, 0.05) is 18.6 Å². The lowest BCUT2D eigenvalue weighted by molar-refractivity contribution is -0.112. The first kappa shape index (κ1) is 9.16. The topological polar surface area (TPSA) is 29.5 Å². The molecule has 2 heterocycles. The third-order valence-electron chi connectivity index (χ3n) is 3.19. The third-order valence-corrected chi connectivity index (χ3v) is 3.19. The van der Waals surface area contributed by atoms with Crippen molar-refractivity contribution in [2.75, 3.05) is 26.3 Å². The fraction of sp³-hybridized carbons (Fsp3) is 0.900. The second kappa shape index (κ2) is 4.20. The number of carbonyl (C=O) groups is 1. The molecule has 3 nitrogen and oxygen atoms in total. The Labute approximate surface area is 79.0 Å². The van der Waals surface area contributed by atoms with Crippen molar-refractivity contribution in [3.05, 3.63) is 0 Å². The molecule has 0 saturated carbocycles. The Morgan fingerprint density at radius 3 is 2.54 bits per heavy atom. The van der Waals surface area contributed by atoms with Gasteiger partial charge < -0.3 is 9.53 Å². The smallest absolute Gasteiger partial charge is 0.123 e. The van der Waals surface area contributed by atoms with Gasteiger partial charge in [-0.15, -0.1) is 0 Å². The number of carbonyl (C=O) groups excluding carboxylic acids is 1. The molecule has 0 spiro atoms. The van der Waals surface area contributed by atoms with E-state index in [0.29, 0.717) is 12.0 Å². The highest BCUT2D eigenvalue weighted by molar-refractivity contribution is 5.53. The van der Waals surface area contributed by atoms with Gasteiger partial charge in [-0.2, -0.15) is 0 Å². The number of hydrogen-bond acceptors (Lipinski definition) is 3. The van der Waals surface area contributed by atoms with Gasteiger partial charge in [0.1, 0.15) is 6.29 Å². The molecule has 2 rings (SSSR count). The molecule has 13 heavy (non-hydrogen) atoms. The Kier molecular flexibility index (Phi) is 2.96. The highest BCUT2D eigenvalue weighted by Gasteiger charge is 2.27. The number of piperidine rings is 1. The zero-order valence-electron chi connectivity index (χ0n) is 7.95. The first-order valence-corrected chi connectivity index (χ1v) is 5.17. The summed E-state index contributed by atoms with van der Waals surface area (Å²) in [6.45, 7) is 3.97. The van der Waals surface area contributed by atoms with E-state index < -0.39 is 0 Å². The van der Waals surface area contributed by atoms with Gasteiger partial charge in [0.25, 0.3) is 0 Å². The van der Waals surface area contributed by atoms with E-state index in [0.717, 1.165) is 45.4 Å². The van der Waals surface area contributed by atoms with Crippen molar-refractivity contribution in [3.63, 3.8) is 0 Å². The number of aldehydes is 1. The van der Waals surface area contributed by atoms with Gasteiger partial charge in [0.15, 0.2) is 0 Å². The molecule has 0 aromatic rings. The Hall–Kier alpha value is -0.410. The van der Waals surface area contributed by atoms with E-state index in [1.54, 1.807) is 0 Å². The van der Waals surface area contributed by atoms with E-state index in [4.69, 9.17) is 4.74 Å². The zero-order chi connectivity index (χ0) is 9.10. The Morgan fingerprint density at radius 2 is 2.00 bits per heavy atom. The molecule has 0 aromatic carbocycles. The molecule has 1 unspecified atom stereocenters. The van der Waals surface area contributed by atoms with Crippen molar-refractivity contribution >= 4 is 6.29 Å². The highest BCUT2D eigenvalue weighted by Crippen LogP contribution is 2.20. The summed E-state index contributed by atoms with van der Waals surface area (Å²) in [7, 11) is 0. The van der Waals surface area contributed by atoms with Crippen LogP contribution in [0.1, 0.15) is 19.3 Å². The van der Waals surface area contributed by atoms with Crippen LogP contribution in [0.25, 0.3) is 0 Å². The maximum absolute atomic E-state index is 10.5. The number of rotatable bonds is 2. The third kappa shape index (κ3) is 2.09. The SMILES string of the molecule is O=CC1CCN(C2CCOC2)CC1. The van der Waals surface area contributed by atoms with Crippen LogP contribution in [0.2, 0.25) is 0 Å². The second-order valence-electron chi connectivity index (χ2n) is 4.03. The predicted octanol–water partition coefficient (Wildman–Crippen LogP) is 0.686. The average Bonchev–Trinajstić information content (AvgIpc) is 2.71. The average molecular weight is 183 g/mol. The molecule has 74 valence electrons. The van der Waals surface area contributed by atoms with Gasteiger partial charge in [-0.05, 0) is 32.4 Å². The predicted molar refractivity (Wildman–Crippen MR) is 49.6 cm³/mol. The molecule has 2 aliphatic heterocycles. The lowest BCUT2D eigenvalue weighted by Crippen LogP contribution is -2.41. The van der Waals surface area contributed by atoms with Crippen molar-refractivity contribution in [1.29, 1.82) is 0 Å². The van der Waals surface area contributed by atoms with Gasteiger partial charge in [0.2, 0.25) is 0 Å². The molecule has 2 fully saturated rings. The normalized spacial score (nSPS) is 32.2. The summed E-state index contributed by atoms with van der Waals surface area (Å²) >= 11 is 0. The summed E-state index contributed by atoms with van der Waals surface area (Å²) in [5.41, 5.74) is 0. The van der Waals surface area contributed by atoms with Crippen LogP contribution in [-0.4, -0.2) is 43.5 Å². The number of hydrogen-bond donors (Lipinski definition) is 0. The molecule has 0 radical (unpaired) electrons. The first-order chi connectivity index (χ1) is 6.40. The number of likely N-dealkylation sites (tertiary alicyclic amines) is 1. The molecule has 3 heteroatoms. The molecular formula is C10H17NO2. The van der Waals surface area contributed by atoms with Crippen LogP contribution in [0.3, 0.4) is 0 Å². The molecule has 0 bridgehead atoms. The van der Waals surface area contributed by atoms with Gasteiger partial charge in [-0.1, -0.05) is 0 Å². The Bertz CT molecular complexity index is 170. The van der Waals surface area contributed by atoms with Gasteiger partial charge in [-0.25, -0.2) is 0 Å². The van der Waals surface area contributed by atoms with Crippen LogP contribution in [0.4, 0.5) is 0 Å². The molecule has 0 amide bonds. The number of ether oxygens (including phenoxy) is 1. The second-order valence-corrected chi connectivity index (χ2v) is 4.03. The van der Waals surface area contributed by atoms with E-state index in [2.05, 4.69) is 4.90 Å². The minimum atomic E-state index is 0.318. The van der Waals surface area contributed by atoms with Crippen LogP contribution in [0.5, 0.6) is 0 Å². The van der Waals surface area contributed by atoms with Crippen LogP contribution < -0.4 is 0 Å². The summed E-state index contributed by atoms with van der Waals surface area (Å²) in [5, 5.41) is 0. The Balaban J connectivity index is 1.79. The fourth-order valence-corrected chi connectivity index (χ4v) is 2.23. The van der Waals surface area contributed by atoms with Crippen LogP contribution in [0, 0.1) is 5.92 Å². The van der Waals surface area contributed by atoms with Crippen molar-refractivity contribution in [2.45, 2.75) is 25.3 Å². The highest BCUT2D eigenvalue weighted by atomic mass is 16.5. The van der Waals surface area contributed by atoms with Crippen molar-refractivity contribution in [3.8, 4) is 0 Å². The van der Waals surface area contributed by atoms with Crippen LogP contribution >= 0.6 is 0 Å². The standard InChI is InChI=1S/C10H17NO2/c12-7-9-1-4-11(5-2-9)10-3-6-13-8-10/h7,9-10H,1-6,8H2. The molecule has 2 aliphatic rings. The summed E-state index contributed by atoms with van der Waals surface area (Å²) in [6, 6.07) is 0.632. The van der Waals surface area contributed by atoms with E-state index in [1.165, 1.54) is 6.42 Å². The lowest BCUT2D eigenvalue weighted by Gasteiger charge is -2.33. The number of nitrogens with zero attached hydrogens (tertiary/aromatic N) is 1. The monoisotopic (exact) mass is 183 g/mol. The summed E-state index contributed by atoms with van der Waals surface area (Å²) < 4.78 is 5.35. The maximum atomic E-state index is 10.5. The van der Waals surface area contributed by atoms with Crippen LogP contribution in [-0.2, 0) is 9.53 Å². The molecule has 0 N–H and O–H groups in total. The summed E-state index contributed by atoms with van der Waals surface area (Å²) in [5.74, 6) is 0.318. The minimum absolute atomic E-state index is 0.318. The summed E-state index contributed by atoms with van der Waals surface area (Å²) in [6.07, 6.45) is 4.37. The van der Waals surface area contributed by atoms with E-state index >= 15 is 0 Å². The quantitative estimate of drug-likeness (QED) is 0.590. The lowest BCUT2D eigenvalue weighted by atomic mass is 9.97. The van der Waals surface area contributed by atoms with E-state index in [1.807, 2.05) is 0 Å². The van der Waals surface area contributed by atoms with Crippen molar-refractivity contribution in [1.82, 2.24) is 4.90 Å². The van der Waals surface area contributed by atoms with Gasteiger partial charge in [0.05, 0.1) is 6.61 Å². The zero-order valence-corrected chi connectivity index (χ0v) is 7.95. The van der Waals surface area contributed by atoms with Crippen molar-refractivity contribution in [2.24, 2.45) is 5.92 Å². The molecule has 0 aliphatic carbocycles. The van der Waals surface area contributed by atoms with Gasteiger partial charge in [-0.3, -0.25) is 4.90 Å².